The minimum absolute atomic E-state index is 0.0919. The number of aromatic amines is 1. The summed E-state index contributed by atoms with van der Waals surface area (Å²) in [6.07, 6.45) is 0. The second-order valence-corrected chi connectivity index (χ2v) is 4.42. The lowest BCUT2D eigenvalue weighted by atomic mass is 10.0. The lowest BCUT2D eigenvalue weighted by Crippen LogP contribution is -2.00. The molecule has 3 rings (SSSR count). The molecule has 0 saturated carbocycles. The fourth-order valence-corrected chi connectivity index (χ4v) is 1.96. The van der Waals surface area contributed by atoms with Gasteiger partial charge in [-0.25, -0.2) is 4.79 Å². The van der Waals surface area contributed by atoms with Crippen LogP contribution in [0.4, 0.5) is 0 Å². The van der Waals surface area contributed by atoms with E-state index in [-0.39, 0.29) is 5.78 Å². The Bertz CT molecular complexity index is 809. The molecule has 0 fully saturated rings. The SMILES string of the molecule is Cc1ccc(C(=O)c2ccc3[nH]c(=O)oc3c2)cc1. The van der Waals surface area contributed by atoms with Crippen molar-refractivity contribution in [2.24, 2.45) is 0 Å². The Kier molecular flexibility index (Phi) is 2.56. The molecule has 4 nitrogen and oxygen atoms in total. The molecule has 0 amide bonds. The van der Waals surface area contributed by atoms with Gasteiger partial charge in [0.05, 0.1) is 5.52 Å². The Hall–Kier alpha value is -2.62. The molecule has 3 aromatic rings. The molecule has 0 saturated heterocycles. The summed E-state index contributed by atoms with van der Waals surface area (Å²) >= 11 is 0. The number of rotatable bonds is 2. The molecule has 0 spiro atoms. The number of H-pyrrole nitrogens is 1. The van der Waals surface area contributed by atoms with Gasteiger partial charge in [-0.05, 0) is 25.1 Å². The number of benzene rings is 2. The van der Waals surface area contributed by atoms with Gasteiger partial charge in [0.25, 0.3) is 0 Å². The molecule has 0 radical (unpaired) electrons. The van der Waals surface area contributed by atoms with E-state index in [9.17, 15) is 9.59 Å². The second-order valence-electron chi connectivity index (χ2n) is 4.42. The molecule has 2 aromatic carbocycles. The summed E-state index contributed by atoms with van der Waals surface area (Å²) in [4.78, 5) is 25.9. The van der Waals surface area contributed by atoms with E-state index in [1.54, 1.807) is 30.3 Å². The molecule has 0 unspecified atom stereocenters. The van der Waals surface area contributed by atoms with Crippen molar-refractivity contribution in [2.45, 2.75) is 6.92 Å². The van der Waals surface area contributed by atoms with Crippen LogP contribution in [0.2, 0.25) is 0 Å². The van der Waals surface area contributed by atoms with E-state index >= 15 is 0 Å². The maximum absolute atomic E-state index is 12.3. The molecule has 0 bridgehead atoms. The predicted octanol–water partition coefficient (Wildman–Crippen LogP) is 2.66. The number of aromatic nitrogens is 1. The van der Waals surface area contributed by atoms with Crippen LogP contribution in [0, 0.1) is 6.92 Å². The van der Waals surface area contributed by atoms with Crippen LogP contribution in [0.15, 0.2) is 51.7 Å². The Morgan fingerprint density at radius 3 is 2.47 bits per heavy atom. The summed E-state index contributed by atoms with van der Waals surface area (Å²) in [6, 6.07) is 12.3. The number of fused-ring (bicyclic) bond motifs is 1. The second kappa shape index (κ2) is 4.24. The van der Waals surface area contributed by atoms with Crippen molar-refractivity contribution in [2.75, 3.05) is 0 Å². The number of carbonyl (C=O) groups excluding carboxylic acids is 1. The predicted molar refractivity (Wildman–Crippen MR) is 71.4 cm³/mol. The largest absolute Gasteiger partial charge is 0.417 e. The topological polar surface area (TPSA) is 63.1 Å². The number of ketones is 1. The van der Waals surface area contributed by atoms with Crippen molar-refractivity contribution in [3.8, 4) is 0 Å². The van der Waals surface area contributed by atoms with E-state index in [0.717, 1.165) is 5.56 Å². The van der Waals surface area contributed by atoms with Crippen molar-refractivity contribution in [3.63, 3.8) is 0 Å². The van der Waals surface area contributed by atoms with Gasteiger partial charge in [-0.3, -0.25) is 9.78 Å². The first-order valence-corrected chi connectivity index (χ1v) is 5.88. The molecule has 19 heavy (non-hydrogen) atoms. The molecular weight excluding hydrogens is 242 g/mol. The molecule has 1 heterocycles. The third kappa shape index (κ3) is 2.08. The number of hydrogen-bond donors (Lipinski definition) is 1. The van der Waals surface area contributed by atoms with Gasteiger partial charge in [-0.1, -0.05) is 29.8 Å². The van der Waals surface area contributed by atoms with Gasteiger partial charge in [0.15, 0.2) is 11.4 Å². The third-order valence-corrected chi connectivity index (χ3v) is 3.00. The van der Waals surface area contributed by atoms with E-state index in [1.165, 1.54) is 0 Å². The quantitative estimate of drug-likeness (QED) is 0.714. The van der Waals surface area contributed by atoms with Crippen molar-refractivity contribution < 1.29 is 9.21 Å². The van der Waals surface area contributed by atoms with Crippen LogP contribution < -0.4 is 5.76 Å². The summed E-state index contributed by atoms with van der Waals surface area (Å²) in [7, 11) is 0. The summed E-state index contributed by atoms with van der Waals surface area (Å²) in [5, 5.41) is 0. The van der Waals surface area contributed by atoms with Crippen LogP contribution in [0.5, 0.6) is 0 Å². The monoisotopic (exact) mass is 253 g/mol. The maximum Gasteiger partial charge on any atom is 0.417 e. The Morgan fingerprint density at radius 2 is 1.74 bits per heavy atom. The van der Waals surface area contributed by atoms with Crippen LogP contribution in [0.3, 0.4) is 0 Å². The van der Waals surface area contributed by atoms with Crippen molar-refractivity contribution in [3.05, 3.63) is 69.7 Å². The first-order valence-electron chi connectivity index (χ1n) is 5.88. The van der Waals surface area contributed by atoms with Gasteiger partial charge < -0.3 is 4.42 Å². The van der Waals surface area contributed by atoms with Crippen LogP contribution >= 0.6 is 0 Å². The number of oxazole rings is 1. The van der Waals surface area contributed by atoms with Gasteiger partial charge >= 0.3 is 5.76 Å². The summed E-state index contributed by atoms with van der Waals surface area (Å²) in [6.45, 7) is 1.97. The molecule has 0 aliphatic heterocycles. The molecular formula is C15H11NO3. The third-order valence-electron chi connectivity index (χ3n) is 3.00. The minimum atomic E-state index is -0.519. The highest BCUT2D eigenvalue weighted by Gasteiger charge is 2.11. The highest BCUT2D eigenvalue weighted by molar-refractivity contribution is 6.10. The smallest absolute Gasteiger partial charge is 0.408 e. The standard InChI is InChI=1S/C15H11NO3/c1-9-2-4-10(5-3-9)14(17)11-6-7-12-13(8-11)19-15(18)16-12/h2-8H,1H3,(H,16,18). The van der Waals surface area contributed by atoms with Gasteiger partial charge in [0.1, 0.15) is 0 Å². The van der Waals surface area contributed by atoms with Gasteiger partial charge in [0.2, 0.25) is 0 Å². The Balaban J connectivity index is 2.05. The van der Waals surface area contributed by atoms with E-state index in [2.05, 4.69) is 4.98 Å². The van der Waals surface area contributed by atoms with Gasteiger partial charge in [0, 0.05) is 11.1 Å². The van der Waals surface area contributed by atoms with E-state index in [1.807, 2.05) is 19.1 Å². The lowest BCUT2D eigenvalue weighted by molar-refractivity contribution is 0.103. The Labute approximate surface area is 108 Å². The zero-order valence-corrected chi connectivity index (χ0v) is 10.3. The lowest BCUT2D eigenvalue weighted by Gasteiger charge is -2.01. The molecule has 4 heteroatoms. The number of carbonyl (C=O) groups is 1. The first-order chi connectivity index (χ1) is 9.13. The van der Waals surface area contributed by atoms with Crippen LogP contribution in [-0.2, 0) is 0 Å². The van der Waals surface area contributed by atoms with Gasteiger partial charge in [-0.15, -0.1) is 0 Å². The molecule has 0 aliphatic rings. The fourth-order valence-electron chi connectivity index (χ4n) is 1.96. The van der Waals surface area contributed by atoms with E-state index in [4.69, 9.17) is 4.42 Å². The fraction of sp³-hybridized carbons (Fsp3) is 0.0667. The first kappa shape index (κ1) is 11.5. The summed E-state index contributed by atoms with van der Waals surface area (Å²) in [5.41, 5.74) is 3.19. The van der Waals surface area contributed by atoms with Crippen LogP contribution in [0.25, 0.3) is 11.1 Å². The highest BCUT2D eigenvalue weighted by atomic mass is 16.4. The average molecular weight is 253 g/mol. The molecule has 0 aliphatic carbocycles. The summed E-state index contributed by atoms with van der Waals surface area (Å²) < 4.78 is 4.95. The number of aryl methyl sites for hydroxylation is 1. The number of nitrogens with one attached hydrogen (secondary N) is 1. The molecule has 1 N–H and O–H groups in total. The Morgan fingerprint density at radius 1 is 1.05 bits per heavy atom. The number of hydrogen-bond acceptors (Lipinski definition) is 3. The van der Waals surface area contributed by atoms with Crippen LogP contribution in [0.1, 0.15) is 21.5 Å². The summed E-state index contributed by atoms with van der Waals surface area (Å²) in [5.74, 6) is -0.610. The average Bonchev–Trinajstić information content (AvgIpc) is 2.77. The van der Waals surface area contributed by atoms with Crippen molar-refractivity contribution >= 4 is 16.9 Å². The molecule has 1 aromatic heterocycles. The highest BCUT2D eigenvalue weighted by Crippen LogP contribution is 2.16. The van der Waals surface area contributed by atoms with Crippen molar-refractivity contribution in [1.29, 1.82) is 0 Å². The van der Waals surface area contributed by atoms with Gasteiger partial charge in [-0.2, -0.15) is 0 Å². The van der Waals surface area contributed by atoms with Crippen LogP contribution in [-0.4, -0.2) is 10.8 Å². The zero-order chi connectivity index (χ0) is 13.4. The maximum atomic E-state index is 12.3. The molecule has 0 atom stereocenters. The normalized spacial score (nSPS) is 10.8. The zero-order valence-electron chi connectivity index (χ0n) is 10.3. The van der Waals surface area contributed by atoms with E-state index in [0.29, 0.717) is 22.2 Å². The van der Waals surface area contributed by atoms with E-state index < -0.39 is 5.76 Å². The van der Waals surface area contributed by atoms with Crippen molar-refractivity contribution in [1.82, 2.24) is 4.98 Å². The molecule has 94 valence electrons. The minimum Gasteiger partial charge on any atom is -0.408 e.